The summed E-state index contributed by atoms with van der Waals surface area (Å²) in [5.41, 5.74) is 4.16. The van der Waals surface area contributed by atoms with Crippen LogP contribution < -0.4 is 0 Å². The maximum atomic E-state index is 9.83. The van der Waals surface area contributed by atoms with E-state index in [9.17, 15) is 5.26 Å². The zero-order valence-electron chi connectivity index (χ0n) is 12.8. The molecule has 0 aliphatic rings. The minimum absolute atomic E-state index is 0.552. The van der Waals surface area contributed by atoms with Crippen LogP contribution >= 0.6 is 11.3 Å². The first-order chi connectivity index (χ1) is 11.9. The fraction of sp³-hybridized carbons (Fsp3) is 0. The van der Waals surface area contributed by atoms with Gasteiger partial charge >= 0.3 is 0 Å². The van der Waals surface area contributed by atoms with Crippen molar-refractivity contribution in [2.45, 2.75) is 0 Å². The second-order valence-electron chi connectivity index (χ2n) is 5.27. The van der Waals surface area contributed by atoms with E-state index in [0.717, 1.165) is 27.4 Å². The molecule has 2 aromatic carbocycles. The fourth-order valence-electron chi connectivity index (χ4n) is 2.74. The normalized spacial score (nSPS) is 10.5. The van der Waals surface area contributed by atoms with Gasteiger partial charge in [-0.3, -0.25) is 0 Å². The maximum absolute atomic E-state index is 9.83. The second kappa shape index (κ2) is 6.15. The highest BCUT2D eigenvalue weighted by molar-refractivity contribution is 7.13. The summed E-state index contributed by atoms with van der Waals surface area (Å²) in [6.07, 6.45) is 0. The molecular weight excluding hydrogens is 314 g/mol. The Hall–Kier alpha value is -3.16. The average molecular weight is 327 g/mol. The Balaban J connectivity index is 2.04. The molecule has 0 aliphatic heterocycles. The first kappa shape index (κ1) is 14.4. The molecule has 0 fully saturated rings. The van der Waals surface area contributed by atoms with Crippen molar-refractivity contribution in [2.24, 2.45) is 0 Å². The third-order valence-corrected chi connectivity index (χ3v) is 4.69. The lowest BCUT2D eigenvalue weighted by Crippen LogP contribution is -1.99. The predicted molar refractivity (Wildman–Crippen MR) is 97.0 cm³/mol. The van der Waals surface area contributed by atoms with Crippen molar-refractivity contribution in [3.05, 3.63) is 83.9 Å². The summed E-state index contributed by atoms with van der Waals surface area (Å²) >= 11 is 1.63. The molecule has 0 atom stereocenters. The molecule has 2 heterocycles. The number of para-hydroxylation sites is 1. The lowest BCUT2D eigenvalue weighted by Gasteiger charge is -2.03. The van der Waals surface area contributed by atoms with Crippen LogP contribution in [0.4, 0.5) is 0 Å². The van der Waals surface area contributed by atoms with Crippen LogP contribution in [-0.2, 0) is 0 Å². The molecule has 4 rings (SSSR count). The van der Waals surface area contributed by atoms with Crippen LogP contribution in [-0.4, -0.2) is 9.78 Å². The summed E-state index contributed by atoms with van der Waals surface area (Å²) in [6, 6.07) is 26.1. The van der Waals surface area contributed by atoms with E-state index < -0.39 is 0 Å². The summed E-state index contributed by atoms with van der Waals surface area (Å²) in [5, 5.41) is 16.6. The van der Waals surface area contributed by atoms with Crippen molar-refractivity contribution in [3.8, 4) is 33.5 Å². The topological polar surface area (TPSA) is 41.6 Å². The minimum Gasteiger partial charge on any atom is -0.222 e. The van der Waals surface area contributed by atoms with E-state index in [1.165, 1.54) is 0 Å². The number of nitrogens with zero attached hydrogens (tertiary/aromatic N) is 3. The zero-order chi connectivity index (χ0) is 16.4. The van der Waals surface area contributed by atoms with Gasteiger partial charge in [-0.1, -0.05) is 54.6 Å². The van der Waals surface area contributed by atoms with E-state index in [1.54, 1.807) is 16.0 Å². The standard InChI is InChI=1S/C20H13N3S/c21-14-17-19(15-8-3-1-4-9-15)20(18-12-7-13-24-18)22-23(17)16-10-5-2-6-11-16/h1-13H. The first-order valence-electron chi connectivity index (χ1n) is 7.56. The van der Waals surface area contributed by atoms with Gasteiger partial charge < -0.3 is 0 Å². The van der Waals surface area contributed by atoms with Crippen LogP contribution in [0.5, 0.6) is 0 Å². The molecule has 0 N–H and O–H groups in total. The number of hydrogen-bond donors (Lipinski definition) is 0. The third kappa shape index (κ3) is 2.41. The monoisotopic (exact) mass is 327 g/mol. The fourth-order valence-corrected chi connectivity index (χ4v) is 3.46. The molecule has 24 heavy (non-hydrogen) atoms. The molecule has 0 saturated heterocycles. The van der Waals surface area contributed by atoms with Crippen molar-refractivity contribution in [1.29, 1.82) is 5.26 Å². The molecule has 0 unspecified atom stereocenters. The van der Waals surface area contributed by atoms with Crippen LogP contribution in [0.15, 0.2) is 78.2 Å². The smallest absolute Gasteiger partial charge is 0.152 e. The van der Waals surface area contributed by atoms with Gasteiger partial charge in [-0.05, 0) is 29.1 Å². The number of aromatic nitrogens is 2. The number of hydrogen-bond acceptors (Lipinski definition) is 3. The average Bonchev–Trinajstić information content (AvgIpc) is 3.30. The highest BCUT2D eigenvalue weighted by Gasteiger charge is 2.21. The molecule has 4 heteroatoms. The van der Waals surface area contributed by atoms with E-state index in [1.807, 2.05) is 78.2 Å². The minimum atomic E-state index is 0.552. The van der Waals surface area contributed by atoms with Gasteiger partial charge in [-0.25, -0.2) is 4.68 Å². The van der Waals surface area contributed by atoms with Gasteiger partial charge in [-0.2, -0.15) is 10.4 Å². The van der Waals surface area contributed by atoms with Crippen molar-refractivity contribution >= 4 is 11.3 Å². The van der Waals surface area contributed by atoms with Crippen LogP contribution in [0.2, 0.25) is 0 Å². The van der Waals surface area contributed by atoms with Gasteiger partial charge in [0, 0.05) is 5.56 Å². The van der Waals surface area contributed by atoms with Crippen molar-refractivity contribution in [3.63, 3.8) is 0 Å². The Kier molecular flexibility index (Phi) is 3.70. The molecule has 0 radical (unpaired) electrons. The van der Waals surface area contributed by atoms with E-state index in [4.69, 9.17) is 5.10 Å². The zero-order valence-corrected chi connectivity index (χ0v) is 13.6. The third-order valence-electron chi connectivity index (χ3n) is 3.81. The SMILES string of the molecule is N#Cc1c(-c2ccccc2)c(-c2cccs2)nn1-c1ccccc1. The van der Waals surface area contributed by atoms with Gasteiger partial charge in [0.1, 0.15) is 11.8 Å². The Labute approximate surface area is 144 Å². The number of nitriles is 1. The van der Waals surface area contributed by atoms with Crippen LogP contribution in [0, 0.1) is 11.3 Å². The quantitative estimate of drug-likeness (QED) is 0.523. The largest absolute Gasteiger partial charge is 0.222 e. The summed E-state index contributed by atoms with van der Waals surface area (Å²) in [5.74, 6) is 0. The van der Waals surface area contributed by atoms with E-state index >= 15 is 0 Å². The van der Waals surface area contributed by atoms with Gasteiger partial charge in [0.25, 0.3) is 0 Å². The van der Waals surface area contributed by atoms with Gasteiger partial charge in [0.15, 0.2) is 5.69 Å². The van der Waals surface area contributed by atoms with E-state index in [2.05, 4.69) is 6.07 Å². The van der Waals surface area contributed by atoms with Crippen molar-refractivity contribution in [1.82, 2.24) is 9.78 Å². The Morgan fingerprint density at radius 3 is 2.21 bits per heavy atom. The van der Waals surface area contributed by atoms with E-state index in [0.29, 0.717) is 5.69 Å². The number of benzene rings is 2. The van der Waals surface area contributed by atoms with Gasteiger partial charge in [0.05, 0.1) is 10.6 Å². The summed E-state index contributed by atoms with van der Waals surface area (Å²) < 4.78 is 1.73. The molecule has 0 amide bonds. The molecule has 0 aliphatic carbocycles. The van der Waals surface area contributed by atoms with Gasteiger partial charge in [0.2, 0.25) is 0 Å². The Morgan fingerprint density at radius 2 is 1.58 bits per heavy atom. The number of thiophene rings is 1. The van der Waals surface area contributed by atoms with Crippen LogP contribution in [0.25, 0.3) is 27.4 Å². The highest BCUT2D eigenvalue weighted by Crippen LogP contribution is 2.37. The van der Waals surface area contributed by atoms with Crippen LogP contribution in [0.1, 0.15) is 5.69 Å². The summed E-state index contributed by atoms with van der Waals surface area (Å²) in [7, 11) is 0. The molecule has 2 aromatic heterocycles. The maximum Gasteiger partial charge on any atom is 0.152 e. The summed E-state index contributed by atoms with van der Waals surface area (Å²) in [6.45, 7) is 0. The molecular formula is C20H13N3S. The molecule has 3 nitrogen and oxygen atoms in total. The van der Waals surface area contributed by atoms with Gasteiger partial charge in [-0.15, -0.1) is 11.3 Å². The molecule has 0 bridgehead atoms. The van der Waals surface area contributed by atoms with Crippen molar-refractivity contribution in [2.75, 3.05) is 0 Å². The molecule has 114 valence electrons. The number of rotatable bonds is 3. The van der Waals surface area contributed by atoms with E-state index in [-0.39, 0.29) is 0 Å². The predicted octanol–water partition coefficient (Wildman–Crippen LogP) is 5.14. The second-order valence-corrected chi connectivity index (χ2v) is 6.22. The lowest BCUT2D eigenvalue weighted by molar-refractivity contribution is 0.871. The molecule has 0 saturated carbocycles. The first-order valence-corrected chi connectivity index (χ1v) is 8.44. The Morgan fingerprint density at radius 1 is 0.875 bits per heavy atom. The van der Waals surface area contributed by atoms with Crippen molar-refractivity contribution < 1.29 is 0 Å². The Bertz CT molecular complexity index is 994. The molecule has 0 spiro atoms. The summed E-state index contributed by atoms with van der Waals surface area (Å²) in [4.78, 5) is 1.06. The lowest BCUT2D eigenvalue weighted by atomic mass is 10.0. The molecule has 4 aromatic rings. The van der Waals surface area contributed by atoms with Crippen LogP contribution in [0.3, 0.4) is 0 Å². The highest BCUT2D eigenvalue weighted by atomic mass is 32.1.